The molecule has 1 aliphatic carbocycles. The van der Waals surface area contributed by atoms with Gasteiger partial charge in [0.1, 0.15) is 0 Å². The molecule has 0 aromatic heterocycles. The van der Waals surface area contributed by atoms with Crippen LogP contribution >= 0.6 is 0 Å². The van der Waals surface area contributed by atoms with Crippen molar-refractivity contribution in [3.63, 3.8) is 0 Å². The summed E-state index contributed by atoms with van der Waals surface area (Å²) in [6.45, 7) is 15.4. The van der Waals surface area contributed by atoms with Crippen LogP contribution in [0.4, 0.5) is 0 Å². The molecule has 2 rings (SSSR count). The van der Waals surface area contributed by atoms with Gasteiger partial charge in [0, 0.05) is 43.8 Å². The molecule has 3 atom stereocenters. The topological polar surface area (TPSA) is 42.9 Å². The maximum atomic E-state index is 4.85. The molecule has 0 spiro atoms. The van der Waals surface area contributed by atoms with Crippen LogP contribution in [-0.2, 0) is 0 Å². The number of hydrogen-bond acceptors (Lipinski definition) is 3. The standard InChI is InChI=1S/C18H37N5/c1-7-19-18(20-10-15(5)22(6)16-8-9-16)21-17-12-23(13(2)3)11-14(17)4/h13-17H,7-12H2,1-6H3,(H2,19,20,21). The summed E-state index contributed by atoms with van der Waals surface area (Å²) in [5.74, 6) is 1.64. The van der Waals surface area contributed by atoms with Crippen LogP contribution in [0.5, 0.6) is 0 Å². The Hall–Kier alpha value is -0.810. The van der Waals surface area contributed by atoms with E-state index in [-0.39, 0.29) is 0 Å². The number of aliphatic imine (C=N–C) groups is 1. The minimum absolute atomic E-state index is 0.492. The van der Waals surface area contributed by atoms with E-state index in [1.807, 2.05) is 0 Å². The molecule has 2 aliphatic rings. The van der Waals surface area contributed by atoms with E-state index in [0.717, 1.165) is 31.6 Å². The lowest BCUT2D eigenvalue weighted by molar-refractivity contribution is 0.253. The van der Waals surface area contributed by atoms with E-state index in [2.05, 4.69) is 62.1 Å². The first-order chi connectivity index (χ1) is 10.9. The highest BCUT2D eigenvalue weighted by Gasteiger charge is 2.32. The molecule has 0 radical (unpaired) electrons. The summed E-state index contributed by atoms with van der Waals surface area (Å²) in [5, 5.41) is 7.08. The van der Waals surface area contributed by atoms with Crippen LogP contribution in [-0.4, -0.2) is 73.2 Å². The highest BCUT2D eigenvalue weighted by Crippen LogP contribution is 2.26. The molecule has 2 fully saturated rings. The number of nitrogens with one attached hydrogen (secondary N) is 2. The Balaban J connectivity index is 1.88. The second-order valence-corrected chi connectivity index (χ2v) is 7.74. The van der Waals surface area contributed by atoms with Crippen LogP contribution in [0.3, 0.4) is 0 Å². The molecule has 1 aliphatic heterocycles. The lowest BCUT2D eigenvalue weighted by Crippen LogP contribution is -2.47. The monoisotopic (exact) mass is 323 g/mol. The fraction of sp³-hybridized carbons (Fsp3) is 0.944. The second-order valence-electron chi connectivity index (χ2n) is 7.74. The third kappa shape index (κ3) is 5.35. The smallest absolute Gasteiger partial charge is 0.191 e. The Morgan fingerprint density at radius 1 is 1.26 bits per heavy atom. The van der Waals surface area contributed by atoms with Gasteiger partial charge in [-0.1, -0.05) is 6.92 Å². The molecule has 1 saturated heterocycles. The molecule has 1 heterocycles. The van der Waals surface area contributed by atoms with Crippen molar-refractivity contribution in [1.82, 2.24) is 20.4 Å². The molecule has 0 aromatic carbocycles. The first-order valence-corrected chi connectivity index (χ1v) is 9.43. The van der Waals surface area contributed by atoms with Crippen molar-refractivity contribution in [3.05, 3.63) is 0 Å². The Labute approximate surface area is 142 Å². The molecule has 0 aromatic rings. The van der Waals surface area contributed by atoms with Gasteiger partial charge in [-0.3, -0.25) is 14.8 Å². The number of guanidine groups is 1. The lowest BCUT2D eigenvalue weighted by Gasteiger charge is -2.24. The Morgan fingerprint density at radius 2 is 1.96 bits per heavy atom. The van der Waals surface area contributed by atoms with Gasteiger partial charge >= 0.3 is 0 Å². The predicted octanol–water partition coefficient (Wildman–Crippen LogP) is 1.75. The zero-order chi connectivity index (χ0) is 17.0. The second kappa shape index (κ2) is 8.34. The van der Waals surface area contributed by atoms with Gasteiger partial charge in [0.05, 0.1) is 6.54 Å². The van der Waals surface area contributed by atoms with Gasteiger partial charge < -0.3 is 10.6 Å². The molecule has 0 bridgehead atoms. The Morgan fingerprint density at radius 3 is 2.48 bits per heavy atom. The molecular formula is C18H37N5. The van der Waals surface area contributed by atoms with Crippen LogP contribution in [0.2, 0.25) is 0 Å². The van der Waals surface area contributed by atoms with Gasteiger partial charge in [0.2, 0.25) is 0 Å². The first kappa shape index (κ1) is 18.5. The van der Waals surface area contributed by atoms with Crippen molar-refractivity contribution in [2.75, 3.05) is 33.2 Å². The van der Waals surface area contributed by atoms with Gasteiger partial charge in [-0.25, -0.2) is 0 Å². The van der Waals surface area contributed by atoms with Gasteiger partial charge in [-0.15, -0.1) is 0 Å². The summed E-state index contributed by atoms with van der Waals surface area (Å²) in [6, 6.07) is 2.42. The summed E-state index contributed by atoms with van der Waals surface area (Å²) < 4.78 is 0. The normalized spacial score (nSPS) is 27.7. The van der Waals surface area contributed by atoms with Crippen LogP contribution in [0.25, 0.3) is 0 Å². The minimum Gasteiger partial charge on any atom is -0.357 e. The number of likely N-dealkylation sites (N-methyl/N-ethyl adjacent to an activating group) is 1. The van der Waals surface area contributed by atoms with Crippen molar-refractivity contribution in [2.45, 2.75) is 71.6 Å². The van der Waals surface area contributed by atoms with Crippen molar-refractivity contribution in [1.29, 1.82) is 0 Å². The number of nitrogens with zero attached hydrogens (tertiary/aromatic N) is 3. The third-order valence-corrected chi connectivity index (χ3v) is 5.37. The fourth-order valence-electron chi connectivity index (χ4n) is 3.30. The summed E-state index contributed by atoms with van der Waals surface area (Å²) in [7, 11) is 2.23. The van der Waals surface area contributed by atoms with Crippen molar-refractivity contribution < 1.29 is 0 Å². The van der Waals surface area contributed by atoms with Crippen LogP contribution in [0.15, 0.2) is 4.99 Å². The first-order valence-electron chi connectivity index (χ1n) is 9.43. The molecule has 23 heavy (non-hydrogen) atoms. The van der Waals surface area contributed by atoms with Crippen LogP contribution in [0, 0.1) is 5.92 Å². The summed E-state index contributed by atoms with van der Waals surface area (Å²) >= 11 is 0. The summed E-state index contributed by atoms with van der Waals surface area (Å²) in [5.41, 5.74) is 0. The fourth-order valence-corrected chi connectivity index (χ4v) is 3.30. The van der Waals surface area contributed by atoms with Crippen molar-refractivity contribution in [2.24, 2.45) is 10.9 Å². The summed E-state index contributed by atoms with van der Waals surface area (Å²) in [4.78, 5) is 9.88. The highest BCUT2D eigenvalue weighted by atomic mass is 15.3. The molecule has 5 nitrogen and oxygen atoms in total. The van der Waals surface area contributed by atoms with E-state index >= 15 is 0 Å². The van der Waals surface area contributed by atoms with Gasteiger partial charge in [0.25, 0.3) is 0 Å². The summed E-state index contributed by atoms with van der Waals surface area (Å²) in [6.07, 6.45) is 2.71. The predicted molar refractivity (Wildman–Crippen MR) is 99.0 cm³/mol. The highest BCUT2D eigenvalue weighted by molar-refractivity contribution is 5.80. The zero-order valence-electron chi connectivity index (χ0n) is 16.0. The SMILES string of the molecule is CCNC(=NCC(C)N(C)C1CC1)NC1CN(C(C)C)CC1C. The maximum absolute atomic E-state index is 4.85. The molecular weight excluding hydrogens is 286 g/mol. The molecule has 2 N–H and O–H groups in total. The molecule has 3 unspecified atom stereocenters. The Kier molecular flexibility index (Phi) is 6.72. The van der Waals surface area contributed by atoms with Gasteiger partial charge in [-0.2, -0.15) is 0 Å². The molecule has 1 saturated carbocycles. The van der Waals surface area contributed by atoms with Crippen molar-refractivity contribution in [3.8, 4) is 0 Å². The molecule has 0 amide bonds. The van der Waals surface area contributed by atoms with Crippen molar-refractivity contribution >= 4 is 5.96 Å². The maximum Gasteiger partial charge on any atom is 0.191 e. The van der Waals surface area contributed by atoms with Crippen LogP contribution < -0.4 is 10.6 Å². The van der Waals surface area contributed by atoms with E-state index in [9.17, 15) is 0 Å². The average Bonchev–Trinajstić information content (AvgIpc) is 3.28. The third-order valence-electron chi connectivity index (χ3n) is 5.37. The van der Waals surface area contributed by atoms with E-state index in [1.54, 1.807) is 0 Å². The van der Waals surface area contributed by atoms with E-state index in [0.29, 0.717) is 24.0 Å². The number of likely N-dealkylation sites (tertiary alicyclic amines) is 1. The number of rotatable bonds is 7. The average molecular weight is 324 g/mol. The minimum atomic E-state index is 0.492. The molecule has 5 heteroatoms. The quantitative estimate of drug-likeness (QED) is 0.553. The molecule has 134 valence electrons. The lowest BCUT2D eigenvalue weighted by atomic mass is 10.1. The number of hydrogen-bond donors (Lipinski definition) is 2. The van der Waals surface area contributed by atoms with E-state index < -0.39 is 0 Å². The zero-order valence-corrected chi connectivity index (χ0v) is 16.0. The van der Waals surface area contributed by atoms with Gasteiger partial charge in [-0.05, 0) is 53.5 Å². The van der Waals surface area contributed by atoms with E-state index in [1.165, 1.54) is 19.4 Å². The Bertz CT molecular complexity index is 391. The largest absolute Gasteiger partial charge is 0.357 e. The van der Waals surface area contributed by atoms with Crippen LogP contribution in [0.1, 0.15) is 47.5 Å². The van der Waals surface area contributed by atoms with E-state index in [4.69, 9.17) is 4.99 Å². The van der Waals surface area contributed by atoms with Gasteiger partial charge in [0.15, 0.2) is 5.96 Å².